The summed E-state index contributed by atoms with van der Waals surface area (Å²) in [7, 11) is 3.82. The first-order chi connectivity index (χ1) is 11.1. The first-order valence-electron chi connectivity index (χ1n) is 7.95. The summed E-state index contributed by atoms with van der Waals surface area (Å²) in [5.74, 6) is 1.03. The molecule has 6 heteroatoms. The van der Waals surface area contributed by atoms with Gasteiger partial charge in [0.2, 0.25) is 5.91 Å². The third-order valence-electron chi connectivity index (χ3n) is 4.66. The second-order valence-corrected chi connectivity index (χ2v) is 6.17. The molecule has 122 valence electrons. The number of fused-ring (bicyclic) bond motifs is 1. The van der Waals surface area contributed by atoms with E-state index in [1.807, 2.05) is 36.9 Å². The number of aromatic nitrogens is 3. The molecule has 1 aliphatic rings. The third kappa shape index (κ3) is 3.27. The van der Waals surface area contributed by atoms with E-state index in [4.69, 9.17) is 0 Å². The highest BCUT2D eigenvalue weighted by Crippen LogP contribution is 2.20. The Balaban J connectivity index is 1.65. The molecular formula is C17H23N5O. The van der Waals surface area contributed by atoms with Crippen LogP contribution >= 0.6 is 0 Å². The van der Waals surface area contributed by atoms with Gasteiger partial charge >= 0.3 is 0 Å². The van der Waals surface area contributed by atoms with Gasteiger partial charge in [-0.3, -0.25) is 14.4 Å². The van der Waals surface area contributed by atoms with Gasteiger partial charge in [-0.15, -0.1) is 0 Å². The molecule has 2 aromatic rings. The van der Waals surface area contributed by atoms with Crippen LogP contribution in [0.1, 0.15) is 23.9 Å². The van der Waals surface area contributed by atoms with Crippen molar-refractivity contribution in [1.82, 2.24) is 24.6 Å². The maximum atomic E-state index is 12.8. The molecule has 0 saturated carbocycles. The molecule has 3 rings (SSSR count). The van der Waals surface area contributed by atoms with Crippen LogP contribution < -0.4 is 0 Å². The SMILES string of the molecule is CC(C(=O)N1CCc2ccccc2C1)N(C)Cc1ncnn1C. The zero-order valence-electron chi connectivity index (χ0n) is 13.9. The van der Waals surface area contributed by atoms with E-state index in [1.54, 1.807) is 4.68 Å². The van der Waals surface area contributed by atoms with Gasteiger partial charge in [-0.2, -0.15) is 5.10 Å². The van der Waals surface area contributed by atoms with Crippen LogP contribution in [0.3, 0.4) is 0 Å². The summed E-state index contributed by atoms with van der Waals surface area (Å²) >= 11 is 0. The van der Waals surface area contributed by atoms with Crippen molar-refractivity contribution in [2.75, 3.05) is 13.6 Å². The van der Waals surface area contributed by atoms with Crippen LogP contribution in [0, 0.1) is 0 Å². The van der Waals surface area contributed by atoms with Gasteiger partial charge in [-0.1, -0.05) is 24.3 Å². The average molecular weight is 313 g/mol. The first kappa shape index (κ1) is 15.7. The van der Waals surface area contributed by atoms with Crippen LogP contribution in [0.2, 0.25) is 0 Å². The van der Waals surface area contributed by atoms with Crippen molar-refractivity contribution in [3.05, 3.63) is 47.5 Å². The number of likely N-dealkylation sites (N-methyl/N-ethyl adjacent to an activating group) is 1. The molecule has 0 radical (unpaired) electrons. The van der Waals surface area contributed by atoms with Crippen molar-refractivity contribution in [2.45, 2.75) is 32.5 Å². The topological polar surface area (TPSA) is 54.3 Å². The largest absolute Gasteiger partial charge is 0.337 e. The molecule has 1 atom stereocenters. The number of rotatable bonds is 4. The Hall–Kier alpha value is -2.21. The molecule has 23 heavy (non-hydrogen) atoms. The number of hydrogen-bond donors (Lipinski definition) is 0. The number of nitrogens with zero attached hydrogens (tertiary/aromatic N) is 5. The lowest BCUT2D eigenvalue weighted by Gasteiger charge is -2.33. The fraction of sp³-hybridized carbons (Fsp3) is 0.471. The summed E-state index contributed by atoms with van der Waals surface area (Å²) in [6, 6.07) is 8.19. The Bertz CT molecular complexity index is 696. The molecular weight excluding hydrogens is 290 g/mol. The Labute approximate surface area is 136 Å². The van der Waals surface area contributed by atoms with E-state index in [-0.39, 0.29) is 11.9 Å². The molecule has 1 aromatic carbocycles. The van der Waals surface area contributed by atoms with Gasteiger partial charge in [0.05, 0.1) is 12.6 Å². The van der Waals surface area contributed by atoms with Gasteiger partial charge < -0.3 is 4.90 Å². The summed E-state index contributed by atoms with van der Waals surface area (Å²) in [5, 5.41) is 4.07. The molecule has 6 nitrogen and oxygen atoms in total. The van der Waals surface area contributed by atoms with E-state index < -0.39 is 0 Å². The lowest BCUT2D eigenvalue weighted by atomic mass is 9.99. The number of amides is 1. The summed E-state index contributed by atoms with van der Waals surface area (Å²) in [5.41, 5.74) is 2.62. The van der Waals surface area contributed by atoms with E-state index in [9.17, 15) is 4.79 Å². The molecule has 0 saturated heterocycles. The first-order valence-corrected chi connectivity index (χ1v) is 7.95. The Kier molecular flexibility index (Phi) is 4.43. The molecule has 1 aliphatic heterocycles. The molecule has 0 bridgehead atoms. The maximum absolute atomic E-state index is 12.8. The van der Waals surface area contributed by atoms with Gasteiger partial charge in [-0.05, 0) is 31.5 Å². The standard InChI is InChI=1S/C17H23N5O/c1-13(20(2)11-16-18-12-19-21(16)3)17(23)22-9-8-14-6-4-5-7-15(14)10-22/h4-7,12-13H,8-11H2,1-3H3. The minimum absolute atomic E-state index is 0.171. The number of hydrogen-bond acceptors (Lipinski definition) is 4. The van der Waals surface area contributed by atoms with Crippen LogP contribution in [0.25, 0.3) is 0 Å². The number of carbonyl (C=O) groups is 1. The predicted octanol–water partition coefficient (Wildman–Crippen LogP) is 1.22. The minimum Gasteiger partial charge on any atom is -0.337 e. The Morgan fingerprint density at radius 1 is 1.35 bits per heavy atom. The fourth-order valence-electron chi connectivity index (χ4n) is 2.96. The van der Waals surface area contributed by atoms with Crippen LogP contribution in [-0.2, 0) is 31.4 Å². The van der Waals surface area contributed by atoms with E-state index in [1.165, 1.54) is 17.5 Å². The number of aryl methyl sites for hydroxylation is 1. The normalized spacial score (nSPS) is 15.6. The molecule has 0 aliphatic carbocycles. The number of carbonyl (C=O) groups excluding carboxylic acids is 1. The molecule has 1 aromatic heterocycles. The zero-order valence-corrected chi connectivity index (χ0v) is 13.9. The molecule has 0 fully saturated rings. The molecule has 1 amide bonds. The van der Waals surface area contributed by atoms with Gasteiger partial charge in [0.15, 0.2) is 0 Å². The Morgan fingerprint density at radius 3 is 2.78 bits per heavy atom. The van der Waals surface area contributed by atoms with E-state index in [0.29, 0.717) is 13.1 Å². The van der Waals surface area contributed by atoms with Crippen LogP contribution in [0.15, 0.2) is 30.6 Å². The molecule has 0 spiro atoms. The van der Waals surface area contributed by atoms with E-state index in [0.717, 1.165) is 18.8 Å². The van der Waals surface area contributed by atoms with Gasteiger partial charge in [0.25, 0.3) is 0 Å². The smallest absolute Gasteiger partial charge is 0.239 e. The van der Waals surface area contributed by atoms with E-state index >= 15 is 0 Å². The van der Waals surface area contributed by atoms with Crippen molar-refractivity contribution < 1.29 is 4.79 Å². The van der Waals surface area contributed by atoms with E-state index in [2.05, 4.69) is 28.3 Å². The number of benzene rings is 1. The van der Waals surface area contributed by atoms with Crippen molar-refractivity contribution in [3.8, 4) is 0 Å². The molecule has 0 N–H and O–H groups in total. The predicted molar refractivity (Wildman–Crippen MR) is 87.5 cm³/mol. The summed E-state index contributed by atoms with van der Waals surface area (Å²) in [6.07, 6.45) is 2.47. The quantitative estimate of drug-likeness (QED) is 0.852. The average Bonchev–Trinajstić information content (AvgIpc) is 2.97. The van der Waals surface area contributed by atoms with Crippen LogP contribution in [0.4, 0.5) is 0 Å². The van der Waals surface area contributed by atoms with Crippen molar-refractivity contribution in [1.29, 1.82) is 0 Å². The molecule has 1 unspecified atom stereocenters. The lowest BCUT2D eigenvalue weighted by Crippen LogP contribution is -2.47. The fourth-order valence-corrected chi connectivity index (χ4v) is 2.96. The monoisotopic (exact) mass is 313 g/mol. The Morgan fingerprint density at radius 2 is 2.09 bits per heavy atom. The third-order valence-corrected chi connectivity index (χ3v) is 4.66. The van der Waals surface area contributed by atoms with Crippen molar-refractivity contribution in [2.24, 2.45) is 7.05 Å². The van der Waals surface area contributed by atoms with Crippen molar-refractivity contribution in [3.63, 3.8) is 0 Å². The highest BCUT2D eigenvalue weighted by Gasteiger charge is 2.27. The van der Waals surface area contributed by atoms with Crippen LogP contribution in [0.5, 0.6) is 0 Å². The summed E-state index contributed by atoms with van der Waals surface area (Å²) in [6.45, 7) is 4.06. The van der Waals surface area contributed by atoms with Gasteiger partial charge in [0, 0.05) is 20.1 Å². The highest BCUT2D eigenvalue weighted by molar-refractivity contribution is 5.81. The molecule has 2 heterocycles. The highest BCUT2D eigenvalue weighted by atomic mass is 16.2. The van der Waals surface area contributed by atoms with Crippen LogP contribution in [-0.4, -0.2) is 50.1 Å². The minimum atomic E-state index is -0.183. The zero-order chi connectivity index (χ0) is 16.4. The summed E-state index contributed by atoms with van der Waals surface area (Å²) in [4.78, 5) is 21.0. The second kappa shape index (κ2) is 6.50. The summed E-state index contributed by atoms with van der Waals surface area (Å²) < 4.78 is 1.74. The lowest BCUT2D eigenvalue weighted by molar-refractivity contribution is -0.137. The van der Waals surface area contributed by atoms with Crippen molar-refractivity contribution >= 4 is 5.91 Å². The van der Waals surface area contributed by atoms with Gasteiger partial charge in [-0.25, -0.2) is 4.98 Å². The second-order valence-electron chi connectivity index (χ2n) is 6.17. The maximum Gasteiger partial charge on any atom is 0.239 e. The van der Waals surface area contributed by atoms with Gasteiger partial charge in [0.1, 0.15) is 12.2 Å².